The summed E-state index contributed by atoms with van der Waals surface area (Å²) in [7, 11) is 5.80. The van der Waals surface area contributed by atoms with Crippen LogP contribution in [0.2, 0.25) is 0 Å². The van der Waals surface area contributed by atoms with Crippen molar-refractivity contribution in [2.45, 2.75) is 18.0 Å². The van der Waals surface area contributed by atoms with Crippen molar-refractivity contribution < 1.29 is 38.0 Å². The summed E-state index contributed by atoms with van der Waals surface area (Å²) < 4.78 is 34.7. The number of carbonyl (C=O) groups excluding carboxylic acids is 2. The van der Waals surface area contributed by atoms with Crippen LogP contribution in [-0.4, -0.2) is 40.7 Å². The third kappa shape index (κ3) is 4.11. The fraction of sp³-hybridized carbons (Fsp3) is 0.259. The highest BCUT2D eigenvalue weighted by atomic mass is 16.8. The molecule has 0 saturated carbocycles. The number of aldehydes is 1. The summed E-state index contributed by atoms with van der Waals surface area (Å²) in [5.41, 5.74) is 0.0401. The van der Waals surface area contributed by atoms with Crippen molar-refractivity contribution in [1.82, 2.24) is 0 Å². The molecule has 0 aromatic heterocycles. The summed E-state index contributed by atoms with van der Waals surface area (Å²) in [6.07, 6.45) is -1.43. The SMILES string of the molecule is COC(=O)[C@]1(c2ccccc2)O[C@@H](c2c(OC)cc(OC)cc2OC)O[C@@H]1c1ccccc1C=O. The van der Waals surface area contributed by atoms with E-state index in [9.17, 15) is 9.59 Å². The Kier molecular flexibility index (Phi) is 7.04. The van der Waals surface area contributed by atoms with Crippen molar-refractivity contribution in [3.8, 4) is 17.2 Å². The summed E-state index contributed by atoms with van der Waals surface area (Å²) in [5.74, 6) is 0.582. The van der Waals surface area contributed by atoms with Crippen LogP contribution >= 0.6 is 0 Å². The highest BCUT2D eigenvalue weighted by Crippen LogP contribution is 2.56. The van der Waals surface area contributed by atoms with Crippen molar-refractivity contribution >= 4 is 12.3 Å². The maximum Gasteiger partial charge on any atom is 0.346 e. The highest BCUT2D eigenvalue weighted by molar-refractivity contribution is 5.85. The van der Waals surface area contributed by atoms with E-state index in [1.807, 2.05) is 6.07 Å². The van der Waals surface area contributed by atoms with Crippen molar-refractivity contribution in [3.63, 3.8) is 0 Å². The first kappa shape index (κ1) is 24.3. The van der Waals surface area contributed by atoms with E-state index in [1.54, 1.807) is 60.7 Å². The van der Waals surface area contributed by atoms with Gasteiger partial charge >= 0.3 is 5.97 Å². The van der Waals surface area contributed by atoms with Crippen LogP contribution in [0.1, 0.15) is 39.4 Å². The molecule has 0 aliphatic carbocycles. The van der Waals surface area contributed by atoms with Gasteiger partial charge < -0.3 is 28.4 Å². The Morgan fingerprint density at radius 2 is 1.51 bits per heavy atom. The molecule has 1 heterocycles. The molecule has 0 spiro atoms. The predicted molar refractivity (Wildman–Crippen MR) is 126 cm³/mol. The van der Waals surface area contributed by atoms with Crippen LogP contribution in [0, 0.1) is 0 Å². The third-order valence-electron chi connectivity index (χ3n) is 6.01. The van der Waals surface area contributed by atoms with Gasteiger partial charge in [-0.2, -0.15) is 0 Å². The second-order valence-electron chi connectivity index (χ2n) is 7.75. The minimum absolute atomic E-state index is 0.361. The van der Waals surface area contributed by atoms with Gasteiger partial charge in [0.25, 0.3) is 0 Å². The van der Waals surface area contributed by atoms with Gasteiger partial charge in [0.1, 0.15) is 29.6 Å². The Balaban J connectivity index is 1.97. The average molecular weight is 478 g/mol. The van der Waals surface area contributed by atoms with E-state index in [2.05, 4.69) is 0 Å². The van der Waals surface area contributed by atoms with Gasteiger partial charge in [0, 0.05) is 17.7 Å². The maximum absolute atomic E-state index is 13.5. The molecule has 4 rings (SSSR count). The van der Waals surface area contributed by atoms with Gasteiger partial charge in [-0.25, -0.2) is 4.79 Å². The summed E-state index contributed by atoms with van der Waals surface area (Å²) in [6.45, 7) is 0. The zero-order valence-electron chi connectivity index (χ0n) is 19.8. The monoisotopic (exact) mass is 478 g/mol. The molecular formula is C27H26O8. The smallest absolute Gasteiger partial charge is 0.346 e. The molecule has 1 saturated heterocycles. The molecule has 1 fully saturated rings. The number of carbonyl (C=O) groups is 2. The van der Waals surface area contributed by atoms with Crippen LogP contribution in [0.4, 0.5) is 0 Å². The lowest BCUT2D eigenvalue weighted by atomic mass is 9.83. The number of ether oxygens (including phenoxy) is 6. The van der Waals surface area contributed by atoms with E-state index in [4.69, 9.17) is 28.4 Å². The number of rotatable bonds is 8. The van der Waals surface area contributed by atoms with E-state index in [-0.39, 0.29) is 0 Å². The molecule has 0 amide bonds. The second-order valence-corrected chi connectivity index (χ2v) is 7.75. The van der Waals surface area contributed by atoms with Crippen LogP contribution in [0.5, 0.6) is 17.2 Å². The van der Waals surface area contributed by atoms with Crippen LogP contribution < -0.4 is 14.2 Å². The number of hydrogen-bond donors (Lipinski definition) is 0. The Labute approximate surface area is 203 Å². The Hall–Kier alpha value is -3.88. The van der Waals surface area contributed by atoms with Gasteiger partial charge in [-0.1, -0.05) is 54.6 Å². The molecule has 0 N–H and O–H groups in total. The van der Waals surface area contributed by atoms with E-state index in [0.717, 1.165) is 0 Å². The van der Waals surface area contributed by atoms with Gasteiger partial charge in [-0.05, 0) is 11.1 Å². The van der Waals surface area contributed by atoms with E-state index in [1.165, 1.54) is 28.4 Å². The lowest BCUT2D eigenvalue weighted by molar-refractivity contribution is -0.173. The molecule has 8 nitrogen and oxygen atoms in total. The molecular weight excluding hydrogens is 452 g/mol. The fourth-order valence-corrected chi connectivity index (χ4v) is 4.35. The maximum atomic E-state index is 13.5. The minimum atomic E-state index is -1.73. The van der Waals surface area contributed by atoms with Crippen molar-refractivity contribution in [3.05, 3.63) is 89.0 Å². The third-order valence-corrected chi connectivity index (χ3v) is 6.01. The first-order valence-corrected chi connectivity index (χ1v) is 10.8. The molecule has 0 bridgehead atoms. The largest absolute Gasteiger partial charge is 0.496 e. The van der Waals surface area contributed by atoms with Gasteiger partial charge in [0.05, 0.1) is 34.0 Å². The van der Waals surface area contributed by atoms with E-state index < -0.39 is 24.0 Å². The number of esters is 1. The topological polar surface area (TPSA) is 89.5 Å². The predicted octanol–water partition coefficient (Wildman–Crippen LogP) is 4.38. The molecule has 1 aliphatic heterocycles. The van der Waals surface area contributed by atoms with Crippen LogP contribution in [0.25, 0.3) is 0 Å². The zero-order valence-corrected chi connectivity index (χ0v) is 19.8. The van der Waals surface area contributed by atoms with Crippen molar-refractivity contribution in [1.29, 1.82) is 0 Å². The van der Waals surface area contributed by atoms with Gasteiger partial charge in [-0.3, -0.25) is 4.79 Å². The quantitative estimate of drug-likeness (QED) is 0.348. The van der Waals surface area contributed by atoms with E-state index >= 15 is 0 Å². The van der Waals surface area contributed by atoms with Crippen molar-refractivity contribution in [2.75, 3.05) is 28.4 Å². The van der Waals surface area contributed by atoms with Gasteiger partial charge in [0.15, 0.2) is 6.29 Å². The van der Waals surface area contributed by atoms with Crippen LogP contribution in [0.15, 0.2) is 66.7 Å². The lowest BCUT2D eigenvalue weighted by Gasteiger charge is -2.31. The Morgan fingerprint density at radius 1 is 0.886 bits per heavy atom. The minimum Gasteiger partial charge on any atom is -0.496 e. The lowest BCUT2D eigenvalue weighted by Crippen LogP contribution is -2.41. The number of hydrogen-bond acceptors (Lipinski definition) is 8. The molecule has 3 aromatic rings. The normalized spacial score (nSPS) is 21.3. The van der Waals surface area contributed by atoms with Crippen LogP contribution in [0.3, 0.4) is 0 Å². The van der Waals surface area contributed by atoms with Crippen LogP contribution in [-0.2, 0) is 24.6 Å². The zero-order chi connectivity index (χ0) is 25.0. The van der Waals surface area contributed by atoms with Gasteiger partial charge in [-0.15, -0.1) is 0 Å². The highest BCUT2D eigenvalue weighted by Gasteiger charge is 2.60. The summed E-state index contributed by atoms with van der Waals surface area (Å²) in [4.78, 5) is 25.4. The fourth-order valence-electron chi connectivity index (χ4n) is 4.35. The molecule has 3 aromatic carbocycles. The Morgan fingerprint density at radius 3 is 2.09 bits per heavy atom. The summed E-state index contributed by atoms with van der Waals surface area (Å²) >= 11 is 0. The van der Waals surface area contributed by atoms with Gasteiger partial charge in [0.2, 0.25) is 5.60 Å². The molecule has 0 radical (unpaired) electrons. The molecule has 1 aliphatic rings. The first-order valence-electron chi connectivity index (χ1n) is 10.8. The molecule has 35 heavy (non-hydrogen) atoms. The molecule has 0 unspecified atom stereocenters. The number of benzene rings is 3. The summed E-state index contributed by atoms with van der Waals surface area (Å²) in [5, 5.41) is 0. The average Bonchev–Trinajstić information content (AvgIpc) is 3.33. The molecule has 8 heteroatoms. The standard InChI is InChI=1S/C27H26O8/c1-30-19-14-21(31-2)23(22(15-19)32-3)25-34-24(20-13-9-8-10-17(20)16-28)27(35-25,26(29)33-4)18-11-6-5-7-12-18/h5-16,24-25H,1-4H3/t24-,25+,27-/m1/s1. The molecule has 3 atom stereocenters. The first-order chi connectivity index (χ1) is 17.0. The van der Waals surface area contributed by atoms with Crippen molar-refractivity contribution in [2.24, 2.45) is 0 Å². The molecule has 182 valence electrons. The van der Waals surface area contributed by atoms with E-state index in [0.29, 0.717) is 45.8 Å². The number of methoxy groups -OCH3 is 4. The summed E-state index contributed by atoms with van der Waals surface area (Å²) in [6, 6.07) is 19.1. The Bertz CT molecular complexity index is 1180. The second kappa shape index (κ2) is 10.2.